The second-order valence-electron chi connectivity index (χ2n) is 5.73. The molecule has 0 aliphatic carbocycles. The van der Waals surface area contributed by atoms with Crippen molar-refractivity contribution in [2.24, 2.45) is 0 Å². The number of carbonyl (C=O) groups excluding carboxylic acids is 3. The number of carbonyl (C=O) groups is 3. The predicted octanol–water partition coefficient (Wildman–Crippen LogP) is 2.19. The summed E-state index contributed by atoms with van der Waals surface area (Å²) in [6.07, 6.45) is 0. The van der Waals surface area contributed by atoms with E-state index < -0.39 is 17.8 Å². The molecule has 26 heavy (non-hydrogen) atoms. The third kappa shape index (κ3) is 3.23. The highest BCUT2D eigenvalue weighted by Gasteiger charge is 2.44. The summed E-state index contributed by atoms with van der Waals surface area (Å²) in [6.45, 7) is -0.0228. The van der Waals surface area contributed by atoms with Gasteiger partial charge in [0.05, 0.1) is 27.3 Å². The van der Waals surface area contributed by atoms with Gasteiger partial charge in [0.1, 0.15) is 11.5 Å². The molecule has 0 aromatic heterocycles. The third-order valence-corrected chi connectivity index (χ3v) is 4.13. The summed E-state index contributed by atoms with van der Waals surface area (Å²) in [4.78, 5) is 39.1. The van der Waals surface area contributed by atoms with Crippen molar-refractivity contribution in [1.29, 1.82) is 0 Å². The number of rotatable bonds is 6. The van der Waals surface area contributed by atoms with Crippen LogP contribution in [0.15, 0.2) is 48.5 Å². The fourth-order valence-corrected chi connectivity index (χ4v) is 2.77. The average molecular weight is 354 g/mol. The van der Waals surface area contributed by atoms with E-state index in [1.54, 1.807) is 42.5 Å². The molecule has 0 spiro atoms. The van der Waals surface area contributed by atoms with Gasteiger partial charge in [0.2, 0.25) is 0 Å². The molecule has 1 aliphatic heterocycles. The van der Waals surface area contributed by atoms with Gasteiger partial charge in [0, 0.05) is 5.56 Å². The van der Waals surface area contributed by atoms with Gasteiger partial charge in [0.25, 0.3) is 0 Å². The first-order valence-corrected chi connectivity index (χ1v) is 7.97. The Bertz CT molecular complexity index is 850. The number of imide groups is 2. The molecule has 1 saturated heterocycles. The first kappa shape index (κ1) is 17.5. The van der Waals surface area contributed by atoms with Crippen molar-refractivity contribution in [3.8, 4) is 11.5 Å². The topological polar surface area (TPSA) is 76.2 Å². The fraction of sp³-hybridized carbons (Fsp3) is 0.211. The molecule has 0 saturated carbocycles. The van der Waals surface area contributed by atoms with Gasteiger partial charge in [-0.05, 0) is 23.8 Å². The number of nitrogens with zero attached hydrogens (tertiary/aromatic N) is 2. The lowest BCUT2D eigenvalue weighted by atomic mass is 10.1. The summed E-state index contributed by atoms with van der Waals surface area (Å²) in [5.74, 6) is -0.621. The SMILES string of the molecule is COc1ccc(OC)c(CN2C(=O)C(=O)N(Cc3ccccc3)C2=O)c1. The number of hydrogen-bond donors (Lipinski definition) is 0. The van der Waals surface area contributed by atoms with E-state index in [-0.39, 0.29) is 13.1 Å². The van der Waals surface area contributed by atoms with Gasteiger partial charge in [-0.15, -0.1) is 0 Å². The Labute approximate surface area is 150 Å². The number of hydrogen-bond acceptors (Lipinski definition) is 5. The molecule has 7 nitrogen and oxygen atoms in total. The van der Waals surface area contributed by atoms with Gasteiger partial charge >= 0.3 is 17.8 Å². The number of urea groups is 1. The molecule has 3 rings (SSSR count). The summed E-state index contributed by atoms with van der Waals surface area (Å²) in [6, 6.07) is 13.5. The lowest BCUT2D eigenvalue weighted by Crippen LogP contribution is -2.32. The first-order chi connectivity index (χ1) is 12.5. The normalized spacial score (nSPS) is 14.2. The number of methoxy groups -OCH3 is 2. The molecule has 0 bridgehead atoms. The van der Waals surface area contributed by atoms with Crippen molar-refractivity contribution in [3.05, 3.63) is 59.7 Å². The van der Waals surface area contributed by atoms with Crippen LogP contribution in [0.3, 0.4) is 0 Å². The van der Waals surface area contributed by atoms with Crippen LogP contribution < -0.4 is 9.47 Å². The monoisotopic (exact) mass is 354 g/mol. The van der Waals surface area contributed by atoms with E-state index in [4.69, 9.17) is 9.47 Å². The van der Waals surface area contributed by atoms with Gasteiger partial charge in [-0.1, -0.05) is 30.3 Å². The Morgan fingerprint density at radius 2 is 1.46 bits per heavy atom. The Morgan fingerprint density at radius 3 is 2.08 bits per heavy atom. The maximum atomic E-state index is 12.6. The molecule has 2 aromatic carbocycles. The molecule has 4 amide bonds. The minimum atomic E-state index is -0.851. The van der Waals surface area contributed by atoms with E-state index in [1.165, 1.54) is 14.2 Å². The van der Waals surface area contributed by atoms with Crippen molar-refractivity contribution in [2.45, 2.75) is 13.1 Å². The summed E-state index contributed by atoms with van der Waals surface area (Å²) in [7, 11) is 3.01. The maximum absolute atomic E-state index is 12.6. The molecule has 134 valence electrons. The Hall–Kier alpha value is -3.35. The van der Waals surface area contributed by atoms with Crippen molar-refractivity contribution < 1.29 is 23.9 Å². The van der Waals surface area contributed by atoms with Crippen molar-refractivity contribution in [2.75, 3.05) is 14.2 Å². The zero-order chi connectivity index (χ0) is 18.7. The van der Waals surface area contributed by atoms with Crippen LogP contribution in [0.2, 0.25) is 0 Å². The Kier molecular flexibility index (Phi) is 4.88. The Morgan fingerprint density at radius 1 is 0.808 bits per heavy atom. The minimum absolute atomic E-state index is 0.0516. The van der Waals surface area contributed by atoms with E-state index in [2.05, 4.69) is 0 Å². The minimum Gasteiger partial charge on any atom is -0.497 e. The highest BCUT2D eigenvalue weighted by atomic mass is 16.5. The molecule has 1 fully saturated rings. The van der Waals surface area contributed by atoms with Crippen LogP contribution >= 0.6 is 0 Å². The van der Waals surface area contributed by atoms with Crippen LogP contribution in [0.5, 0.6) is 11.5 Å². The van der Waals surface area contributed by atoms with Gasteiger partial charge in [0.15, 0.2) is 0 Å². The van der Waals surface area contributed by atoms with Crippen LogP contribution in [-0.4, -0.2) is 41.9 Å². The summed E-state index contributed by atoms with van der Waals surface area (Å²) in [5, 5.41) is 0. The highest BCUT2D eigenvalue weighted by Crippen LogP contribution is 2.27. The zero-order valence-electron chi connectivity index (χ0n) is 14.5. The van der Waals surface area contributed by atoms with Crippen LogP contribution in [0.25, 0.3) is 0 Å². The lowest BCUT2D eigenvalue weighted by molar-refractivity contribution is -0.143. The molecule has 1 aliphatic rings. The van der Waals surface area contributed by atoms with Crippen LogP contribution in [0, 0.1) is 0 Å². The van der Waals surface area contributed by atoms with Crippen LogP contribution in [-0.2, 0) is 22.7 Å². The van der Waals surface area contributed by atoms with E-state index >= 15 is 0 Å². The Balaban J connectivity index is 1.84. The van der Waals surface area contributed by atoms with E-state index in [1.807, 2.05) is 6.07 Å². The molecular weight excluding hydrogens is 336 g/mol. The van der Waals surface area contributed by atoms with E-state index in [0.717, 1.165) is 15.4 Å². The predicted molar refractivity (Wildman–Crippen MR) is 92.5 cm³/mol. The van der Waals surface area contributed by atoms with Crippen molar-refractivity contribution >= 4 is 17.8 Å². The third-order valence-electron chi connectivity index (χ3n) is 4.13. The number of benzene rings is 2. The standard InChI is InChI=1S/C19H18N2O5/c1-25-15-8-9-16(26-2)14(10-15)12-21-18(23)17(22)20(19(21)24)11-13-6-4-3-5-7-13/h3-10H,11-12H2,1-2H3. The largest absolute Gasteiger partial charge is 0.497 e. The molecule has 7 heteroatoms. The second-order valence-corrected chi connectivity index (χ2v) is 5.73. The molecule has 0 radical (unpaired) electrons. The average Bonchev–Trinajstić information content (AvgIpc) is 2.87. The smallest absolute Gasteiger partial charge is 0.334 e. The molecule has 1 heterocycles. The van der Waals surface area contributed by atoms with Gasteiger partial charge in [-0.3, -0.25) is 19.4 Å². The summed E-state index contributed by atoms with van der Waals surface area (Å²) < 4.78 is 10.4. The van der Waals surface area contributed by atoms with Gasteiger partial charge in [-0.25, -0.2) is 4.79 Å². The zero-order valence-corrected chi connectivity index (χ0v) is 14.5. The first-order valence-electron chi connectivity index (χ1n) is 7.97. The van der Waals surface area contributed by atoms with Crippen molar-refractivity contribution in [1.82, 2.24) is 9.80 Å². The lowest BCUT2D eigenvalue weighted by Gasteiger charge is -2.17. The maximum Gasteiger partial charge on any atom is 0.334 e. The van der Waals surface area contributed by atoms with Gasteiger partial charge < -0.3 is 9.47 Å². The van der Waals surface area contributed by atoms with E-state index in [9.17, 15) is 14.4 Å². The van der Waals surface area contributed by atoms with E-state index in [0.29, 0.717) is 17.1 Å². The summed E-state index contributed by atoms with van der Waals surface area (Å²) >= 11 is 0. The van der Waals surface area contributed by atoms with Crippen LogP contribution in [0.4, 0.5) is 4.79 Å². The molecule has 0 unspecified atom stereocenters. The van der Waals surface area contributed by atoms with Crippen LogP contribution in [0.1, 0.15) is 11.1 Å². The molecule has 0 N–H and O–H groups in total. The summed E-state index contributed by atoms with van der Waals surface area (Å²) in [5.41, 5.74) is 1.34. The highest BCUT2D eigenvalue weighted by molar-refractivity contribution is 6.44. The second kappa shape index (κ2) is 7.26. The molecule has 2 aromatic rings. The number of ether oxygens (including phenoxy) is 2. The quantitative estimate of drug-likeness (QED) is 0.587. The molecular formula is C19H18N2O5. The van der Waals surface area contributed by atoms with Gasteiger partial charge in [-0.2, -0.15) is 0 Å². The fourth-order valence-electron chi connectivity index (χ4n) is 2.77. The number of amides is 4. The molecule has 0 atom stereocenters. The van der Waals surface area contributed by atoms with Crippen molar-refractivity contribution in [3.63, 3.8) is 0 Å².